The van der Waals surface area contributed by atoms with Gasteiger partial charge in [-0.2, -0.15) is 4.57 Å². The van der Waals surface area contributed by atoms with Crippen molar-refractivity contribution in [3.8, 4) is 0 Å². The molecular formula is C19H19N2O+. The molecule has 0 unspecified atom stereocenters. The van der Waals surface area contributed by atoms with Crippen LogP contribution in [0.2, 0.25) is 0 Å². The summed E-state index contributed by atoms with van der Waals surface area (Å²) in [5, 5.41) is 2.25. The zero-order chi connectivity index (χ0) is 15.5. The number of carbonyl (C=O) groups is 1. The van der Waals surface area contributed by atoms with Crippen molar-refractivity contribution in [3.63, 3.8) is 0 Å². The van der Waals surface area contributed by atoms with Crippen LogP contribution in [0.25, 0.3) is 10.8 Å². The number of benzene rings is 2. The highest BCUT2D eigenvalue weighted by atomic mass is 16.1. The maximum Gasteiger partial charge on any atom is 0.227 e. The van der Waals surface area contributed by atoms with Crippen LogP contribution in [0.4, 0.5) is 5.69 Å². The Bertz CT molecular complexity index is 807. The topological polar surface area (TPSA) is 24.2 Å². The van der Waals surface area contributed by atoms with Crippen LogP contribution in [-0.2, 0) is 6.54 Å². The number of hydrogen-bond donors (Lipinski definition) is 0. The number of rotatable bonds is 4. The summed E-state index contributed by atoms with van der Waals surface area (Å²) in [5.41, 5.74) is 1.87. The van der Waals surface area contributed by atoms with Gasteiger partial charge in [0.25, 0.3) is 0 Å². The molecule has 2 aromatic carbocycles. The second kappa shape index (κ2) is 5.98. The summed E-state index contributed by atoms with van der Waals surface area (Å²) in [6.07, 6.45) is 3.88. The third-order valence-corrected chi connectivity index (χ3v) is 3.79. The average Bonchev–Trinajstić information content (AvgIpc) is 2.55. The number of nitrogens with zero attached hydrogens (tertiary/aromatic N) is 2. The number of aromatic nitrogens is 1. The monoisotopic (exact) mass is 291 g/mol. The van der Waals surface area contributed by atoms with Gasteiger partial charge in [0, 0.05) is 37.5 Å². The first-order valence-electron chi connectivity index (χ1n) is 7.32. The fourth-order valence-electron chi connectivity index (χ4n) is 2.47. The molecule has 0 radical (unpaired) electrons. The highest BCUT2D eigenvalue weighted by molar-refractivity contribution is 5.99. The van der Waals surface area contributed by atoms with Crippen molar-refractivity contribution in [2.45, 2.75) is 6.54 Å². The standard InChI is InChI=1S/C19H19N2O/c1-20(2)18-9-11-21(12-10-18)14-19(22)17-8-7-15-5-3-4-6-16(15)13-17/h3-13H,14H2,1-2H3/q+1. The van der Waals surface area contributed by atoms with Crippen LogP contribution in [0.1, 0.15) is 10.4 Å². The van der Waals surface area contributed by atoms with E-state index < -0.39 is 0 Å². The van der Waals surface area contributed by atoms with Crippen molar-refractivity contribution in [3.05, 3.63) is 72.6 Å². The largest absolute Gasteiger partial charge is 0.377 e. The highest BCUT2D eigenvalue weighted by Gasteiger charge is 2.12. The number of anilines is 1. The molecule has 3 rings (SSSR count). The van der Waals surface area contributed by atoms with Gasteiger partial charge in [-0.15, -0.1) is 0 Å². The van der Waals surface area contributed by atoms with E-state index in [-0.39, 0.29) is 5.78 Å². The fourth-order valence-corrected chi connectivity index (χ4v) is 2.47. The number of ketones is 1. The zero-order valence-corrected chi connectivity index (χ0v) is 12.9. The minimum atomic E-state index is 0.119. The van der Waals surface area contributed by atoms with E-state index in [1.165, 1.54) is 0 Å². The summed E-state index contributed by atoms with van der Waals surface area (Å²) >= 11 is 0. The molecule has 0 bridgehead atoms. The third-order valence-electron chi connectivity index (χ3n) is 3.79. The van der Waals surface area contributed by atoms with Crippen LogP contribution in [0.5, 0.6) is 0 Å². The van der Waals surface area contributed by atoms with Crippen LogP contribution in [0.15, 0.2) is 67.0 Å². The second-order valence-electron chi connectivity index (χ2n) is 5.61. The lowest BCUT2D eigenvalue weighted by Gasteiger charge is -2.10. The predicted molar refractivity (Wildman–Crippen MR) is 89.2 cm³/mol. The van der Waals surface area contributed by atoms with Crippen molar-refractivity contribution in [1.82, 2.24) is 0 Å². The van der Waals surface area contributed by atoms with Crippen LogP contribution >= 0.6 is 0 Å². The van der Waals surface area contributed by atoms with Gasteiger partial charge in [0.2, 0.25) is 12.3 Å². The molecule has 0 aliphatic heterocycles. The lowest BCUT2D eigenvalue weighted by molar-refractivity contribution is -0.683. The van der Waals surface area contributed by atoms with Crippen LogP contribution in [0.3, 0.4) is 0 Å². The summed E-state index contributed by atoms with van der Waals surface area (Å²) in [6.45, 7) is 0.353. The molecule has 3 nitrogen and oxygen atoms in total. The fraction of sp³-hybridized carbons (Fsp3) is 0.158. The van der Waals surface area contributed by atoms with Crippen molar-refractivity contribution in [1.29, 1.82) is 0 Å². The zero-order valence-electron chi connectivity index (χ0n) is 12.9. The SMILES string of the molecule is CN(C)c1cc[n+](CC(=O)c2ccc3ccccc3c2)cc1. The first-order valence-corrected chi connectivity index (χ1v) is 7.32. The van der Waals surface area contributed by atoms with E-state index >= 15 is 0 Å². The van der Waals surface area contributed by atoms with Crippen LogP contribution in [-0.4, -0.2) is 19.9 Å². The molecule has 0 spiro atoms. The van der Waals surface area contributed by atoms with E-state index in [1.807, 2.05) is 84.5 Å². The Morgan fingerprint density at radius 1 is 0.955 bits per heavy atom. The van der Waals surface area contributed by atoms with Crippen molar-refractivity contribution in [2.75, 3.05) is 19.0 Å². The number of carbonyl (C=O) groups excluding carboxylic acids is 1. The molecule has 1 aromatic heterocycles. The number of hydrogen-bond acceptors (Lipinski definition) is 2. The van der Waals surface area contributed by atoms with Gasteiger partial charge in [-0.1, -0.05) is 36.4 Å². The Morgan fingerprint density at radius 3 is 2.32 bits per heavy atom. The lowest BCUT2D eigenvalue weighted by atomic mass is 10.0. The number of fused-ring (bicyclic) bond motifs is 1. The first-order chi connectivity index (χ1) is 10.6. The van der Waals surface area contributed by atoms with Gasteiger partial charge in [-0.25, -0.2) is 0 Å². The molecule has 0 saturated carbocycles. The van der Waals surface area contributed by atoms with Gasteiger partial charge in [0.1, 0.15) is 0 Å². The third kappa shape index (κ3) is 2.98. The maximum atomic E-state index is 12.4. The summed E-state index contributed by atoms with van der Waals surface area (Å²) in [5.74, 6) is 0.119. The molecule has 0 aliphatic rings. The second-order valence-corrected chi connectivity index (χ2v) is 5.61. The molecule has 22 heavy (non-hydrogen) atoms. The molecule has 0 atom stereocenters. The van der Waals surface area contributed by atoms with Gasteiger partial charge < -0.3 is 4.90 Å². The smallest absolute Gasteiger partial charge is 0.227 e. The molecule has 110 valence electrons. The van der Waals surface area contributed by atoms with Gasteiger partial charge in [0.05, 0.1) is 0 Å². The van der Waals surface area contributed by atoms with Crippen molar-refractivity contribution < 1.29 is 9.36 Å². The molecule has 0 aliphatic carbocycles. The van der Waals surface area contributed by atoms with Crippen LogP contribution in [0, 0.1) is 0 Å². The lowest BCUT2D eigenvalue weighted by Crippen LogP contribution is -2.37. The van der Waals surface area contributed by atoms with Gasteiger partial charge in [-0.05, 0) is 16.8 Å². The molecule has 0 fully saturated rings. The van der Waals surface area contributed by atoms with E-state index in [9.17, 15) is 4.79 Å². The summed E-state index contributed by atoms with van der Waals surface area (Å²) in [4.78, 5) is 14.5. The minimum Gasteiger partial charge on any atom is -0.377 e. The van der Waals surface area contributed by atoms with Crippen LogP contribution < -0.4 is 9.47 Å². The van der Waals surface area contributed by atoms with Gasteiger partial charge in [-0.3, -0.25) is 4.79 Å². The van der Waals surface area contributed by atoms with Gasteiger partial charge in [0.15, 0.2) is 12.4 Å². The number of Topliss-reactive ketones (excluding diaryl/α,β-unsaturated/α-hetero) is 1. The molecule has 0 amide bonds. The average molecular weight is 291 g/mol. The van der Waals surface area contributed by atoms with Crippen molar-refractivity contribution in [2.24, 2.45) is 0 Å². The summed E-state index contributed by atoms with van der Waals surface area (Å²) in [6, 6.07) is 18.0. The number of pyridine rings is 1. The van der Waals surface area contributed by atoms with E-state index in [0.29, 0.717) is 6.54 Å². The minimum absolute atomic E-state index is 0.119. The highest BCUT2D eigenvalue weighted by Crippen LogP contribution is 2.16. The molecular weight excluding hydrogens is 272 g/mol. The van der Waals surface area contributed by atoms with E-state index in [1.54, 1.807) is 0 Å². The maximum absolute atomic E-state index is 12.4. The molecule has 3 aromatic rings. The summed E-state index contributed by atoms with van der Waals surface area (Å²) < 4.78 is 1.91. The summed E-state index contributed by atoms with van der Waals surface area (Å²) in [7, 11) is 4.00. The Morgan fingerprint density at radius 2 is 1.64 bits per heavy atom. The molecule has 3 heteroatoms. The Labute approximate surface area is 130 Å². The first kappa shape index (κ1) is 14.3. The van der Waals surface area contributed by atoms with Crippen molar-refractivity contribution >= 4 is 22.2 Å². The van der Waals surface area contributed by atoms with E-state index in [0.717, 1.165) is 22.0 Å². The molecule has 1 heterocycles. The molecule has 0 N–H and O–H groups in total. The normalized spacial score (nSPS) is 10.6. The van der Waals surface area contributed by atoms with Gasteiger partial charge >= 0.3 is 0 Å². The Hall–Kier alpha value is -2.68. The van der Waals surface area contributed by atoms with E-state index in [2.05, 4.69) is 6.07 Å². The Balaban J connectivity index is 1.80. The Kier molecular flexibility index (Phi) is 3.88. The molecule has 0 saturated heterocycles. The quantitative estimate of drug-likeness (QED) is 0.545. The predicted octanol–water partition coefficient (Wildman–Crippen LogP) is 3.08. The van der Waals surface area contributed by atoms with E-state index in [4.69, 9.17) is 0 Å².